The Hall–Kier alpha value is -1.83. The highest BCUT2D eigenvalue weighted by atomic mass is 16.1. The first-order valence-electron chi connectivity index (χ1n) is 8.02. The van der Waals surface area contributed by atoms with Gasteiger partial charge in [0.1, 0.15) is 0 Å². The summed E-state index contributed by atoms with van der Waals surface area (Å²) in [6.07, 6.45) is 11.8. The third kappa shape index (κ3) is 4.07. The average molecular weight is 283 g/mol. The lowest BCUT2D eigenvalue weighted by Crippen LogP contribution is -2.09. The van der Waals surface area contributed by atoms with Crippen LogP contribution in [0.5, 0.6) is 0 Å². The van der Waals surface area contributed by atoms with E-state index in [0.29, 0.717) is 0 Å². The molecule has 0 saturated carbocycles. The topological polar surface area (TPSA) is 32.9 Å². The van der Waals surface area contributed by atoms with Gasteiger partial charge >= 0.3 is 0 Å². The summed E-state index contributed by atoms with van der Waals surface area (Å²) in [6.45, 7) is 4.13. The first-order valence-corrected chi connectivity index (χ1v) is 8.02. The van der Waals surface area contributed by atoms with Crippen LogP contribution >= 0.6 is 0 Å². The number of H-pyrrole nitrogens is 1. The number of nitrogens with one attached hydrogen (secondary N) is 1. The fraction of sp³-hybridized carbons (Fsp3) is 0.421. The summed E-state index contributed by atoms with van der Waals surface area (Å²) in [5.74, 6) is 0. The summed E-state index contributed by atoms with van der Waals surface area (Å²) in [5, 5.41) is 0.770. The van der Waals surface area contributed by atoms with E-state index in [9.17, 15) is 4.79 Å². The summed E-state index contributed by atoms with van der Waals surface area (Å²) in [7, 11) is 0. The number of rotatable bonds is 7. The molecule has 2 nitrogen and oxygen atoms in total. The minimum atomic E-state index is 0.131. The van der Waals surface area contributed by atoms with E-state index in [1.807, 2.05) is 31.2 Å². The molecule has 0 aliphatic carbocycles. The van der Waals surface area contributed by atoms with Gasteiger partial charge in [-0.2, -0.15) is 0 Å². The van der Waals surface area contributed by atoms with Crippen molar-refractivity contribution < 1.29 is 0 Å². The Morgan fingerprint density at radius 1 is 1.10 bits per heavy atom. The van der Waals surface area contributed by atoms with Crippen LogP contribution in [0.4, 0.5) is 0 Å². The second-order valence-electron chi connectivity index (χ2n) is 5.64. The fourth-order valence-corrected chi connectivity index (χ4v) is 2.59. The summed E-state index contributed by atoms with van der Waals surface area (Å²) < 4.78 is 0. The number of hydrogen-bond donors (Lipinski definition) is 1. The van der Waals surface area contributed by atoms with Crippen LogP contribution in [0.1, 0.15) is 56.7 Å². The van der Waals surface area contributed by atoms with Crippen LogP contribution in [-0.4, -0.2) is 4.98 Å². The zero-order valence-corrected chi connectivity index (χ0v) is 13.1. The molecule has 2 heteroatoms. The highest BCUT2D eigenvalue weighted by Crippen LogP contribution is 2.13. The molecule has 0 fully saturated rings. The van der Waals surface area contributed by atoms with Crippen LogP contribution in [0.3, 0.4) is 0 Å². The maximum Gasteiger partial charge on any atom is 0.192 e. The van der Waals surface area contributed by atoms with Crippen LogP contribution in [0.15, 0.2) is 35.1 Å². The van der Waals surface area contributed by atoms with Gasteiger partial charge in [-0.15, -0.1) is 0 Å². The molecule has 0 aliphatic heterocycles. The van der Waals surface area contributed by atoms with Gasteiger partial charge in [0.05, 0.1) is 0 Å². The second-order valence-corrected chi connectivity index (χ2v) is 5.64. The molecule has 0 unspecified atom stereocenters. The van der Waals surface area contributed by atoms with Crippen molar-refractivity contribution in [1.82, 2.24) is 4.98 Å². The van der Waals surface area contributed by atoms with Crippen molar-refractivity contribution in [2.45, 2.75) is 52.4 Å². The Kier molecular flexibility index (Phi) is 5.79. The van der Waals surface area contributed by atoms with Crippen molar-refractivity contribution in [3.63, 3.8) is 0 Å². The molecule has 0 saturated heterocycles. The highest BCUT2D eigenvalue weighted by molar-refractivity contribution is 5.80. The van der Waals surface area contributed by atoms with Gasteiger partial charge < -0.3 is 4.98 Å². The number of allylic oxidation sites excluding steroid dienone is 1. The number of aromatic nitrogens is 1. The first kappa shape index (κ1) is 15.6. The van der Waals surface area contributed by atoms with Gasteiger partial charge in [-0.3, -0.25) is 4.79 Å². The predicted molar refractivity (Wildman–Crippen MR) is 91.7 cm³/mol. The Morgan fingerprint density at radius 2 is 1.86 bits per heavy atom. The number of para-hydroxylation sites is 1. The Balaban J connectivity index is 2.05. The molecule has 1 N–H and O–H groups in total. The summed E-state index contributed by atoms with van der Waals surface area (Å²) >= 11 is 0. The molecule has 0 atom stereocenters. The van der Waals surface area contributed by atoms with Crippen molar-refractivity contribution in [2.24, 2.45) is 0 Å². The third-order valence-corrected chi connectivity index (χ3v) is 3.94. The monoisotopic (exact) mass is 283 g/mol. The average Bonchev–Trinajstić information content (AvgIpc) is 2.51. The van der Waals surface area contributed by atoms with E-state index >= 15 is 0 Å². The van der Waals surface area contributed by atoms with E-state index in [0.717, 1.165) is 28.6 Å². The van der Waals surface area contributed by atoms with Crippen molar-refractivity contribution >= 4 is 17.0 Å². The summed E-state index contributed by atoms with van der Waals surface area (Å²) in [5.41, 5.74) is 2.78. The molecule has 0 aliphatic rings. The summed E-state index contributed by atoms with van der Waals surface area (Å²) in [4.78, 5) is 15.7. The van der Waals surface area contributed by atoms with E-state index in [-0.39, 0.29) is 5.43 Å². The molecule has 1 aromatic heterocycles. The lowest BCUT2D eigenvalue weighted by Gasteiger charge is -2.04. The minimum Gasteiger partial charge on any atom is -0.355 e. The van der Waals surface area contributed by atoms with Gasteiger partial charge in [0.2, 0.25) is 0 Å². The van der Waals surface area contributed by atoms with E-state index in [2.05, 4.69) is 24.1 Å². The molecule has 112 valence electrons. The molecular weight excluding hydrogens is 258 g/mol. The van der Waals surface area contributed by atoms with Gasteiger partial charge in [-0.05, 0) is 38.0 Å². The standard InChI is InChI=1S/C19H25NO/c1-3-4-5-6-7-8-9-13-17-15(2)19(21)16-12-10-11-14-18(16)20-17/h9-14H,3-8H2,1-2H3,(H,20,21)/b13-9+. The molecule has 21 heavy (non-hydrogen) atoms. The molecule has 0 spiro atoms. The van der Waals surface area contributed by atoms with E-state index in [4.69, 9.17) is 0 Å². The number of aromatic amines is 1. The molecule has 1 heterocycles. The first-order chi connectivity index (χ1) is 10.2. The SMILES string of the molecule is CCCCCCC/C=C/c1[nH]c2ccccc2c(=O)c1C. The molecular formula is C19H25NO. The number of benzene rings is 1. The minimum absolute atomic E-state index is 0.131. The Bertz CT molecular complexity index is 667. The zero-order chi connectivity index (χ0) is 15.1. The Morgan fingerprint density at radius 3 is 2.67 bits per heavy atom. The van der Waals surface area contributed by atoms with Gasteiger partial charge in [0.25, 0.3) is 0 Å². The van der Waals surface area contributed by atoms with Crippen LogP contribution < -0.4 is 5.43 Å². The third-order valence-electron chi connectivity index (χ3n) is 3.94. The lowest BCUT2D eigenvalue weighted by molar-refractivity contribution is 0.638. The molecule has 2 aromatic rings. The van der Waals surface area contributed by atoms with Gasteiger partial charge in [-0.25, -0.2) is 0 Å². The van der Waals surface area contributed by atoms with Crippen molar-refractivity contribution in [1.29, 1.82) is 0 Å². The quantitative estimate of drug-likeness (QED) is 0.695. The molecule has 0 bridgehead atoms. The highest BCUT2D eigenvalue weighted by Gasteiger charge is 2.05. The predicted octanol–water partition coefficient (Wildman–Crippen LogP) is 5.21. The van der Waals surface area contributed by atoms with E-state index in [1.165, 1.54) is 32.1 Å². The number of unbranched alkanes of at least 4 members (excludes halogenated alkanes) is 5. The van der Waals surface area contributed by atoms with Crippen molar-refractivity contribution in [3.8, 4) is 0 Å². The van der Waals surface area contributed by atoms with Crippen molar-refractivity contribution in [3.05, 3.63) is 51.8 Å². The smallest absolute Gasteiger partial charge is 0.192 e. The number of pyridine rings is 1. The maximum atomic E-state index is 12.3. The van der Waals surface area contributed by atoms with Gasteiger partial charge in [-0.1, -0.05) is 50.8 Å². The number of hydrogen-bond acceptors (Lipinski definition) is 1. The molecule has 2 rings (SSSR count). The normalized spacial score (nSPS) is 11.5. The van der Waals surface area contributed by atoms with Crippen LogP contribution in [0.25, 0.3) is 17.0 Å². The Labute approximate surface area is 126 Å². The van der Waals surface area contributed by atoms with Crippen molar-refractivity contribution in [2.75, 3.05) is 0 Å². The molecule has 0 radical (unpaired) electrons. The van der Waals surface area contributed by atoms with Crippen LogP contribution in [-0.2, 0) is 0 Å². The number of fused-ring (bicyclic) bond motifs is 1. The van der Waals surface area contributed by atoms with Crippen LogP contribution in [0.2, 0.25) is 0 Å². The zero-order valence-electron chi connectivity index (χ0n) is 13.1. The molecule has 0 amide bonds. The van der Waals surface area contributed by atoms with Gasteiger partial charge in [0, 0.05) is 22.2 Å². The summed E-state index contributed by atoms with van der Waals surface area (Å²) in [6, 6.07) is 7.69. The lowest BCUT2D eigenvalue weighted by atomic mass is 10.1. The fourth-order valence-electron chi connectivity index (χ4n) is 2.59. The van der Waals surface area contributed by atoms with Gasteiger partial charge in [0.15, 0.2) is 5.43 Å². The molecule has 1 aromatic carbocycles. The maximum absolute atomic E-state index is 12.3. The largest absolute Gasteiger partial charge is 0.355 e. The van der Waals surface area contributed by atoms with E-state index in [1.54, 1.807) is 0 Å². The van der Waals surface area contributed by atoms with Crippen LogP contribution in [0, 0.1) is 6.92 Å². The van der Waals surface area contributed by atoms with E-state index < -0.39 is 0 Å². The second kappa shape index (κ2) is 7.82.